The number of nitrogens with one attached hydrogen (secondary N) is 2. The molecule has 2 amide bonds. The lowest BCUT2D eigenvalue weighted by Crippen LogP contribution is -2.40. The highest BCUT2D eigenvalue weighted by molar-refractivity contribution is 7.99. The van der Waals surface area contributed by atoms with Crippen molar-refractivity contribution >= 4 is 34.3 Å². The van der Waals surface area contributed by atoms with Crippen LogP contribution in [0.15, 0.2) is 65.6 Å². The van der Waals surface area contributed by atoms with Crippen LogP contribution in [0, 0.1) is 5.82 Å². The summed E-state index contributed by atoms with van der Waals surface area (Å²) in [5, 5.41) is 7.72. The fourth-order valence-corrected chi connectivity index (χ4v) is 4.73. The van der Waals surface area contributed by atoms with Crippen molar-refractivity contribution in [1.29, 1.82) is 0 Å². The molecule has 4 nitrogen and oxygen atoms in total. The van der Waals surface area contributed by atoms with E-state index >= 15 is 0 Å². The maximum Gasteiger partial charge on any atom is 0.239 e. The highest BCUT2D eigenvalue weighted by Crippen LogP contribution is 2.36. The van der Waals surface area contributed by atoms with Crippen LogP contribution in [0.3, 0.4) is 0 Å². The molecule has 0 radical (unpaired) electrons. The lowest BCUT2D eigenvalue weighted by atomic mass is 10.0. The van der Waals surface area contributed by atoms with Crippen LogP contribution in [0.4, 0.5) is 4.39 Å². The monoisotopic (exact) mass is 408 g/mol. The van der Waals surface area contributed by atoms with Gasteiger partial charge in [-0.2, -0.15) is 0 Å². The number of fused-ring (bicyclic) bond motifs is 2. The summed E-state index contributed by atoms with van der Waals surface area (Å²) in [6.07, 6.45) is 0.944. The van der Waals surface area contributed by atoms with Gasteiger partial charge in [0.1, 0.15) is 5.82 Å². The van der Waals surface area contributed by atoms with Crippen molar-refractivity contribution in [2.45, 2.75) is 23.8 Å². The molecule has 3 aromatic carbocycles. The van der Waals surface area contributed by atoms with Crippen LogP contribution in [0.25, 0.3) is 10.8 Å². The van der Waals surface area contributed by atoms with Gasteiger partial charge in [-0.05, 0) is 46.5 Å². The highest BCUT2D eigenvalue weighted by Gasteiger charge is 2.23. The Kier molecular flexibility index (Phi) is 5.81. The zero-order valence-corrected chi connectivity index (χ0v) is 16.6. The van der Waals surface area contributed by atoms with Crippen molar-refractivity contribution in [1.82, 2.24) is 10.6 Å². The second-order valence-electron chi connectivity index (χ2n) is 7.03. The summed E-state index contributed by atoms with van der Waals surface area (Å²) in [6, 6.07) is 18.2. The molecule has 4 rings (SSSR count). The van der Waals surface area contributed by atoms with E-state index in [0.717, 1.165) is 39.0 Å². The van der Waals surface area contributed by atoms with Gasteiger partial charge in [-0.25, -0.2) is 4.39 Å². The molecule has 0 aliphatic carbocycles. The largest absolute Gasteiger partial charge is 0.348 e. The molecule has 3 aromatic rings. The Morgan fingerprint density at radius 3 is 2.76 bits per heavy atom. The molecule has 148 valence electrons. The Labute approximate surface area is 172 Å². The highest BCUT2D eigenvalue weighted by atomic mass is 32.2. The van der Waals surface area contributed by atoms with Gasteiger partial charge in [-0.3, -0.25) is 9.59 Å². The minimum atomic E-state index is -0.311. The van der Waals surface area contributed by atoms with Gasteiger partial charge in [0.2, 0.25) is 11.8 Å². The van der Waals surface area contributed by atoms with Crippen LogP contribution in [0.1, 0.15) is 23.6 Å². The molecule has 2 N–H and O–H groups in total. The summed E-state index contributed by atoms with van der Waals surface area (Å²) in [5.74, 6) is 0.0659. The van der Waals surface area contributed by atoms with Crippen LogP contribution < -0.4 is 10.6 Å². The fourth-order valence-electron chi connectivity index (χ4n) is 3.62. The number of hydrogen-bond acceptors (Lipinski definition) is 3. The summed E-state index contributed by atoms with van der Waals surface area (Å²) < 4.78 is 13.6. The van der Waals surface area contributed by atoms with Crippen molar-refractivity contribution in [2.75, 3.05) is 12.3 Å². The molecule has 0 bridgehead atoms. The third-order valence-electron chi connectivity index (χ3n) is 5.02. The molecule has 6 heteroatoms. The second kappa shape index (κ2) is 8.66. The number of hydrogen-bond donors (Lipinski definition) is 2. The van der Waals surface area contributed by atoms with Gasteiger partial charge in [-0.1, -0.05) is 42.5 Å². The third-order valence-corrected chi connectivity index (χ3v) is 6.15. The molecule has 0 saturated heterocycles. The first-order valence-electron chi connectivity index (χ1n) is 9.55. The van der Waals surface area contributed by atoms with Crippen LogP contribution in [0.5, 0.6) is 0 Å². The summed E-state index contributed by atoms with van der Waals surface area (Å²) in [5.41, 5.74) is 1.73. The van der Waals surface area contributed by atoms with Gasteiger partial charge in [0.15, 0.2) is 0 Å². The van der Waals surface area contributed by atoms with Crippen LogP contribution in [-0.2, 0) is 16.0 Å². The molecule has 1 atom stereocenters. The molecule has 1 heterocycles. The number of carbonyl (C=O) groups excluding carboxylic acids is 2. The lowest BCUT2D eigenvalue weighted by molar-refractivity contribution is -0.126. The Bertz CT molecular complexity index is 1060. The normalized spacial score (nSPS) is 15.6. The van der Waals surface area contributed by atoms with Gasteiger partial charge in [0, 0.05) is 10.6 Å². The van der Waals surface area contributed by atoms with Gasteiger partial charge in [0.25, 0.3) is 0 Å². The van der Waals surface area contributed by atoms with E-state index in [4.69, 9.17) is 0 Å². The summed E-state index contributed by atoms with van der Waals surface area (Å²) in [7, 11) is 0. The summed E-state index contributed by atoms with van der Waals surface area (Å²) in [4.78, 5) is 25.7. The molecule has 1 aliphatic rings. The molecule has 0 aromatic heterocycles. The predicted molar refractivity (Wildman–Crippen MR) is 113 cm³/mol. The van der Waals surface area contributed by atoms with E-state index in [1.165, 1.54) is 12.1 Å². The van der Waals surface area contributed by atoms with Crippen LogP contribution >= 0.6 is 11.8 Å². The standard InChI is InChI=1S/C23H21FN2O2S/c24-17-8-9-21-19(13-17)20(10-11-29-21)26-23(28)14-25-22(27)12-16-6-3-5-15-4-1-2-7-18(15)16/h1-9,13,20H,10-12,14H2,(H,25,27)(H,26,28). The van der Waals surface area contributed by atoms with E-state index in [2.05, 4.69) is 10.6 Å². The van der Waals surface area contributed by atoms with E-state index in [-0.39, 0.29) is 36.6 Å². The van der Waals surface area contributed by atoms with E-state index in [1.807, 2.05) is 42.5 Å². The van der Waals surface area contributed by atoms with Crippen LogP contribution in [-0.4, -0.2) is 24.1 Å². The Morgan fingerprint density at radius 1 is 1.03 bits per heavy atom. The minimum Gasteiger partial charge on any atom is -0.348 e. The molecule has 0 saturated carbocycles. The van der Waals surface area contributed by atoms with Gasteiger partial charge in [-0.15, -0.1) is 11.8 Å². The quantitative estimate of drug-likeness (QED) is 0.671. The Balaban J connectivity index is 1.34. The smallest absolute Gasteiger partial charge is 0.239 e. The number of thioether (sulfide) groups is 1. The molecular formula is C23H21FN2O2S. The summed E-state index contributed by atoms with van der Waals surface area (Å²) in [6.45, 7) is -0.0993. The molecule has 1 unspecified atom stereocenters. The lowest BCUT2D eigenvalue weighted by Gasteiger charge is -2.26. The Hall–Kier alpha value is -2.86. The van der Waals surface area contributed by atoms with Gasteiger partial charge in [0.05, 0.1) is 19.0 Å². The van der Waals surface area contributed by atoms with Gasteiger partial charge < -0.3 is 10.6 Å². The maximum atomic E-state index is 13.6. The third kappa shape index (κ3) is 4.59. The predicted octanol–water partition coefficient (Wildman–Crippen LogP) is 3.99. The minimum absolute atomic E-state index is 0.0993. The van der Waals surface area contributed by atoms with Crippen molar-refractivity contribution in [3.8, 4) is 0 Å². The molecular weight excluding hydrogens is 387 g/mol. The number of amides is 2. The molecule has 0 fully saturated rings. The molecule has 1 aliphatic heterocycles. The molecule has 0 spiro atoms. The van der Waals surface area contributed by atoms with E-state index in [1.54, 1.807) is 17.8 Å². The first-order valence-corrected chi connectivity index (χ1v) is 10.5. The fraction of sp³-hybridized carbons (Fsp3) is 0.217. The average molecular weight is 408 g/mol. The zero-order chi connectivity index (χ0) is 20.2. The number of halogens is 1. The topological polar surface area (TPSA) is 58.2 Å². The number of rotatable bonds is 5. The van der Waals surface area contributed by atoms with Crippen LogP contribution in [0.2, 0.25) is 0 Å². The van der Waals surface area contributed by atoms with E-state index < -0.39 is 0 Å². The van der Waals surface area contributed by atoms with E-state index in [0.29, 0.717) is 0 Å². The maximum absolute atomic E-state index is 13.6. The van der Waals surface area contributed by atoms with Crippen molar-refractivity contribution in [2.24, 2.45) is 0 Å². The SMILES string of the molecule is O=C(Cc1cccc2ccccc12)NCC(=O)NC1CCSc2ccc(F)cc21. The average Bonchev–Trinajstić information content (AvgIpc) is 2.73. The van der Waals surface area contributed by atoms with Crippen molar-refractivity contribution in [3.63, 3.8) is 0 Å². The number of carbonyl (C=O) groups is 2. The Morgan fingerprint density at radius 2 is 1.86 bits per heavy atom. The number of benzene rings is 3. The van der Waals surface area contributed by atoms with Crippen molar-refractivity contribution < 1.29 is 14.0 Å². The van der Waals surface area contributed by atoms with E-state index in [9.17, 15) is 14.0 Å². The molecule has 29 heavy (non-hydrogen) atoms. The first-order chi connectivity index (χ1) is 14.1. The van der Waals surface area contributed by atoms with Gasteiger partial charge >= 0.3 is 0 Å². The zero-order valence-electron chi connectivity index (χ0n) is 15.8. The summed E-state index contributed by atoms with van der Waals surface area (Å²) >= 11 is 1.66. The van der Waals surface area contributed by atoms with Crippen molar-refractivity contribution in [3.05, 3.63) is 77.6 Å². The first kappa shape index (κ1) is 19.5. The second-order valence-corrected chi connectivity index (χ2v) is 8.17.